The molecule has 0 fully saturated rings. The van der Waals surface area contributed by atoms with Gasteiger partial charge in [-0.05, 0) is 30.5 Å². The molecule has 1 aliphatic heterocycles. The second kappa shape index (κ2) is 11.0. The van der Waals surface area contributed by atoms with E-state index < -0.39 is 12.0 Å². The number of amides is 2. The van der Waals surface area contributed by atoms with Crippen molar-refractivity contribution in [2.45, 2.75) is 32.7 Å². The highest BCUT2D eigenvalue weighted by molar-refractivity contribution is 5.95. The van der Waals surface area contributed by atoms with E-state index in [4.69, 9.17) is 18.9 Å². The number of nitrogens with zero attached hydrogens (tertiary/aromatic N) is 1. The zero-order valence-corrected chi connectivity index (χ0v) is 20.5. The summed E-state index contributed by atoms with van der Waals surface area (Å²) in [6, 6.07) is 11.8. The maximum atomic E-state index is 13.2. The summed E-state index contributed by atoms with van der Waals surface area (Å²) in [5.74, 6) is 1.31. The van der Waals surface area contributed by atoms with Gasteiger partial charge in [0, 0.05) is 12.6 Å². The summed E-state index contributed by atoms with van der Waals surface area (Å²) in [6.07, 6.45) is 0. The van der Waals surface area contributed by atoms with E-state index in [-0.39, 0.29) is 30.7 Å². The first kappa shape index (κ1) is 25.0. The van der Waals surface area contributed by atoms with Crippen molar-refractivity contribution in [3.05, 3.63) is 64.9 Å². The highest BCUT2D eigenvalue weighted by Crippen LogP contribution is 2.40. The molecule has 1 heterocycles. The van der Waals surface area contributed by atoms with Crippen LogP contribution in [0.25, 0.3) is 0 Å². The Bertz CT molecular complexity index is 1080. The van der Waals surface area contributed by atoms with Crippen molar-refractivity contribution in [2.24, 2.45) is 0 Å². The fourth-order valence-electron chi connectivity index (χ4n) is 3.99. The van der Waals surface area contributed by atoms with Crippen molar-refractivity contribution in [1.29, 1.82) is 0 Å². The molecule has 0 saturated carbocycles. The average Bonchev–Trinajstić information content (AvgIpc) is 2.84. The molecule has 2 aromatic carbocycles. The van der Waals surface area contributed by atoms with Crippen LogP contribution in [0.2, 0.25) is 0 Å². The number of benzene rings is 2. The standard InChI is InChI=1S/C26H32N2O6/c1-7-33-25(29)22-19(15-34-20-13-9-8-11-17(20)16(2)3)28(4)26(30)27-23(22)18-12-10-14-21(31-5)24(18)32-6/h8-14,16,23H,7,15H2,1-6H3,(H,27,30)/t23-/m0/s1. The molecule has 3 rings (SSSR count). The number of esters is 1. The summed E-state index contributed by atoms with van der Waals surface area (Å²) >= 11 is 0. The van der Waals surface area contributed by atoms with Crippen molar-refractivity contribution in [3.63, 3.8) is 0 Å². The van der Waals surface area contributed by atoms with Crippen LogP contribution >= 0.6 is 0 Å². The summed E-state index contributed by atoms with van der Waals surface area (Å²) in [4.78, 5) is 27.5. The van der Waals surface area contributed by atoms with Gasteiger partial charge in [0.2, 0.25) is 0 Å². The van der Waals surface area contributed by atoms with Crippen molar-refractivity contribution in [3.8, 4) is 17.2 Å². The lowest BCUT2D eigenvalue weighted by Gasteiger charge is -2.35. The van der Waals surface area contributed by atoms with E-state index in [0.717, 1.165) is 5.56 Å². The van der Waals surface area contributed by atoms with Crippen molar-refractivity contribution in [1.82, 2.24) is 10.2 Å². The van der Waals surface area contributed by atoms with E-state index in [2.05, 4.69) is 19.2 Å². The number of nitrogens with one attached hydrogen (secondary N) is 1. The molecule has 182 valence electrons. The van der Waals surface area contributed by atoms with Crippen LogP contribution in [-0.4, -0.2) is 51.4 Å². The molecule has 2 amide bonds. The zero-order valence-electron chi connectivity index (χ0n) is 20.5. The van der Waals surface area contributed by atoms with Crippen LogP contribution < -0.4 is 19.5 Å². The highest BCUT2D eigenvalue weighted by atomic mass is 16.5. The lowest BCUT2D eigenvalue weighted by Crippen LogP contribution is -2.48. The van der Waals surface area contributed by atoms with Gasteiger partial charge in [-0.1, -0.05) is 44.2 Å². The number of hydrogen-bond acceptors (Lipinski definition) is 6. The van der Waals surface area contributed by atoms with Crippen molar-refractivity contribution in [2.75, 3.05) is 34.5 Å². The molecule has 0 radical (unpaired) electrons. The van der Waals surface area contributed by atoms with E-state index in [1.54, 1.807) is 32.2 Å². The second-order valence-corrected chi connectivity index (χ2v) is 8.09. The molecule has 1 atom stereocenters. The quantitative estimate of drug-likeness (QED) is 0.549. The van der Waals surface area contributed by atoms with Crippen LogP contribution in [0.5, 0.6) is 17.2 Å². The molecule has 0 bridgehead atoms. The normalized spacial score (nSPS) is 15.8. The van der Waals surface area contributed by atoms with Gasteiger partial charge < -0.3 is 24.3 Å². The van der Waals surface area contributed by atoms with Crippen molar-refractivity contribution < 1.29 is 28.5 Å². The number of rotatable bonds is 9. The Morgan fingerprint density at radius 3 is 2.41 bits per heavy atom. The van der Waals surface area contributed by atoms with Gasteiger partial charge in [0.15, 0.2) is 11.5 Å². The first-order chi connectivity index (χ1) is 16.3. The second-order valence-electron chi connectivity index (χ2n) is 8.09. The predicted molar refractivity (Wildman–Crippen MR) is 128 cm³/mol. The number of ether oxygens (including phenoxy) is 4. The molecular formula is C26H32N2O6. The van der Waals surface area contributed by atoms with Gasteiger partial charge in [-0.25, -0.2) is 9.59 Å². The van der Waals surface area contributed by atoms with Crippen LogP contribution in [0.15, 0.2) is 53.7 Å². The molecule has 34 heavy (non-hydrogen) atoms. The molecular weight excluding hydrogens is 436 g/mol. The van der Waals surface area contributed by atoms with Gasteiger partial charge in [-0.3, -0.25) is 4.90 Å². The smallest absolute Gasteiger partial charge is 0.338 e. The fourth-order valence-corrected chi connectivity index (χ4v) is 3.99. The third-order valence-electron chi connectivity index (χ3n) is 5.72. The number of likely N-dealkylation sites (N-methyl/N-ethyl adjacent to an activating group) is 1. The minimum Gasteiger partial charge on any atom is -0.493 e. The van der Waals surface area contributed by atoms with Gasteiger partial charge in [0.05, 0.1) is 38.1 Å². The van der Waals surface area contributed by atoms with Crippen LogP contribution in [0.4, 0.5) is 4.79 Å². The van der Waals surface area contributed by atoms with Crippen LogP contribution in [0.3, 0.4) is 0 Å². The van der Waals surface area contributed by atoms with E-state index in [1.807, 2.05) is 24.3 Å². The molecule has 0 aromatic heterocycles. The molecule has 2 aromatic rings. The Kier molecular flexibility index (Phi) is 8.04. The van der Waals surface area contributed by atoms with Crippen LogP contribution in [0, 0.1) is 0 Å². The Morgan fingerprint density at radius 1 is 1.06 bits per heavy atom. The largest absolute Gasteiger partial charge is 0.493 e. The highest BCUT2D eigenvalue weighted by Gasteiger charge is 2.39. The van der Waals surface area contributed by atoms with Gasteiger partial charge in [0.25, 0.3) is 0 Å². The van der Waals surface area contributed by atoms with Gasteiger partial charge in [-0.15, -0.1) is 0 Å². The summed E-state index contributed by atoms with van der Waals surface area (Å²) in [5, 5.41) is 2.89. The number of urea groups is 1. The first-order valence-electron chi connectivity index (χ1n) is 11.2. The molecule has 0 unspecified atom stereocenters. The Hall–Kier alpha value is -3.68. The van der Waals surface area contributed by atoms with Gasteiger partial charge in [-0.2, -0.15) is 0 Å². The summed E-state index contributed by atoms with van der Waals surface area (Å²) in [7, 11) is 4.64. The van der Waals surface area contributed by atoms with Gasteiger partial charge >= 0.3 is 12.0 Å². The number of carbonyl (C=O) groups excluding carboxylic acids is 2. The Labute approximate surface area is 200 Å². The molecule has 1 aliphatic rings. The lowest BCUT2D eigenvalue weighted by molar-refractivity contribution is -0.139. The Balaban J connectivity index is 2.13. The maximum absolute atomic E-state index is 13.2. The predicted octanol–water partition coefficient (Wildman–Crippen LogP) is 4.42. The summed E-state index contributed by atoms with van der Waals surface area (Å²) < 4.78 is 22.5. The molecule has 8 nitrogen and oxygen atoms in total. The number of para-hydroxylation sites is 2. The summed E-state index contributed by atoms with van der Waals surface area (Å²) in [5.41, 5.74) is 2.30. The van der Waals surface area contributed by atoms with Crippen molar-refractivity contribution >= 4 is 12.0 Å². The average molecular weight is 469 g/mol. The third-order valence-corrected chi connectivity index (χ3v) is 5.72. The number of methoxy groups -OCH3 is 2. The molecule has 8 heteroatoms. The lowest BCUT2D eigenvalue weighted by atomic mass is 9.93. The first-order valence-corrected chi connectivity index (χ1v) is 11.2. The van der Waals surface area contributed by atoms with Crippen LogP contribution in [-0.2, 0) is 9.53 Å². The fraction of sp³-hybridized carbons (Fsp3) is 0.385. The SMILES string of the molecule is CCOC(=O)C1=C(COc2ccccc2C(C)C)N(C)C(=O)N[C@H]1c1cccc(OC)c1OC. The van der Waals surface area contributed by atoms with E-state index in [0.29, 0.717) is 28.5 Å². The molecule has 0 spiro atoms. The van der Waals surface area contributed by atoms with E-state index in [9.17, 15) is 9.59 Å². The third kappa shape index (κ3) is 4.95. The van der Waals surface area contributed by atoms with E-state index in [1.165, 1.54) is 19.1 Å². The maximum Gasteiger partial charge on any atom is 0.338 e. The minimum absolute atomic E-state index is 0.00455. The molecule has 0 aliphatic carbocycles. The van der Waals surface area contributed by atoms with E-state index >= 15 is 0 Å². The topological polar surface area (TPSA) is 86.3 Å². The van der Waals surface area contributed by atoms with Crippen LogP contribution in [0.1, 0.15) is 43.9 Å². The molecule has 1 N–H and O–H groups in total. The zero-order chi connectivity index (χ0) is 24.8. The minimum atomic E-state index is -0.813. The Morgan fingerprint density at radius 2 is 1.76 bits per heavy atom. The summed E-state index contributed by atoms with van der Waals surface area (Å²) in [6.45, 7) is 6.09. The number of hydrogen-bond donors (Lipinski definition) is 1. The molecule has 0 saturated heterocycles. The van der Waals surface area contributed by atoms with Gasteiger partial charge in [0.1, 0.15) is 12.4 Å². The number of carbonyl (C=O) groups is 2. The monoisotopic (exact) mass is 468 g/mol.